The van der Waals surface area contributed by atoms with E-state index < -0.39 is 0 Å². The quantitative estimate of drug-likeness (QED) is 0.782. The van der Waals surface area contributed by atoms with Crippen LogP contribution in [0, 0.1) is 0 Å². The number of piperidine rings is 1. The van der Waals surface area contributed by atoms with Crippen LogP contribution in [0.15, 0.2) is 42.7 Å². The lowest BCUT2D eigenvalue weighted by atomic mass is 9.93. The lowest BCUT2D eigenvalue weighted by Gasteiger charge is -2.22. The summed E-state index contributed by atoms with van der Waals surface area (Å²) >= 11 is 0. The van der Waals surface area contributed by atoms with Crippen molar-refractivity contribution < 1.29 is 0 Å². The van der Waals surface area contributed by atoms with E-state index in [0.717, 1.165) is 42.7 Å². The summed E-state index contributed by atoms with van der Waals surface area (Å²) in [6.45, 7) is 2.16. The molecule has 3 heterocycles. The van der Waals surface area contributed by atoms with E-state index in [0.29, 0.717) is 5.92 Å². The molecule has 2 aromatic heterocycles. The Labute approximate surface area is 142 Å². The average Bonchev–Trinajstić information content (AvgIpc) is 2.97. The van der Waals surface area contributed by atoms with Gasteiger partial charge in [-0.3, -0.25) is 4.98 Å². The van der Waals surface area contributed by atoms with Crippen molar-refractivity contribution in [1.82, 2.24) is 19.9 Å². The van der Waals surface area contributed by atoms with Gasteiger partial charge in [0, 0.05) is 24.2 Å². The van der Waals surface area contributed by atoms with E-state index in [9.17, 15) is 0 Å². The van der Waals surface area contributed by atoms with Crippen LogP contribution in [0.5, 0.6) is 0 Å². The highest BCUT2D eigenvalue weighted by atomic mass is 35.5. The Morgan fingerprint density at radius 1 is 1.13 bits per heavy atom. The summed E-state index contributed by atoms with van der Waals surface area (Å²) in [5, 5.41) is 3.43. The number of hydrogen-bond acceptors (Lipinski definition) is 3. The number of benzene rings is 1. The molecule has 0 unspecified atom stereocenters. The Morgan fingerprint density at radius 2 is 1.87 bits per heavy atom. The summed E-state index contributed by atoms with van der Waals surface area (Å²) in [5.41, 5.74) is 5.51. The van der Waals surface area contributed by atoms with Crippen molar-refractivity contribution in [2.24, 2.45) is 7.05 Å². The second kappa shape index (κ2) is 6.69. The summed E-state index contributed by atoms with van der Waals surface area (Å²) in [7, 11) is 2.05. The van der Waals surface area contributed by atoms with Gasteiger partial charge in [0.25, 0.3) is 0 Å². The Morgan fingerprint density at radius 3 is 2.61 bits per heavy atom. The van der Waals surface area contributed by atoms with Gasteiger partial charge in [-0.15, -0.1) is 12.4 Å². The summed E-state index contributed by atoms with van der Waals surface area (Å²) in [6, 6.07) is 12.6. The molecule has 0 radical (unpaired) electrons. The van der Waals surface area contributed by atoms with Gasteiger partial charge in [-0.1, -0.05) is 30.3 Å². The summed E-state index contributed by atoms with van der Waals surface area (Å²) in [4.78, 5) is 9.57. The molecular formula is C18H21ClN4. The second-order valence-electron chi connectivity index (χ2n) is 6.01. The number of halogens is 1. The van der Waals surface area contributed by atoms with E-state index in [1.807, 2.05) is 12.4 Å². The molecule has 0 aliphatic carbocycles. The van der Waals surface area contributed by atoms with Crippen LogP contribution in [-0.2, 0) is 7.05 Å². The number of aromatic nitrogens is 3. The molecule has 23 heavy (non-hydrogen) atoms. The Balaban J connectivity index is 0.00000156. The molecule has 1 aliphatic heterocycles. The molecule has 1 fully saturated rings. The minimum absolute atomic E-state index is 0. The van der Waals surface area contributed by atoms with E-state index in [1.165, 1.54) is 11.2 Å². The van der Waals surface area contributed by atoms with Gasteiger partial charge in [0.15, 0.2) is 0 Å². The standard InChI is InChI=1S/C18H20N4.ClH/c1-22-12-20-18-16(22)11-15(13-7-9-19-10-8-13)21-17(18)14-5-3-2-4-6-14;/h2-6,11-13,19H,7-10H2,1H3;1H. The van der Waals surface area contributed by atoms with Crippen LogP contribution < -0.4 is 5.32 Å². The SMILES string of the molecule is Cl.Cn1cnc2c(-c3ccccc3)nc(C3CCNCC3)cc21. The first kappa shape index (κ1) is 16.0. The van der Waals surface area contributed by atoms with Gasteiger partial charge in [0.1, 0.15) is 5.52 Å². The molecule has 5 heteroatoms. The van der Waals surface area contributed by atoms with Gasteiger partial charge in [-0.2, -0.15) is 0 Å². The van der Waals surface area contributed by atoms with Gasteiger partial charge in [-0.05, 0) is 32.0 Å². The molecule has 120 valence electrons. The lowest BCUT2D eigenvalue weighted by Crippen LogP contribution is -2.27. The maximum Gasteiger partial charge on any atom is 0.115 e. The van der Waals surface area contributed by atoms with E-state index in [4.69, 9.17) is 4.98 Å². The van der Waals surface area contributed by atoms with E-state index in [-0.39, 0.29) is 12.4 Å². The van der Waals surface area contributed by atoms with Gasteiger partial charge in [0.05, 0.1) is 17.5 Å². The fraction of sp³-hybridized carbons (Fsp3) is 0.333. The maximum absolute atomic E-state index is 5.00. The fourth-order valence-electron chi connectivity index (χ4n) is 3.27. The van der Waals surface area contributed by atoms with Crippen molar-refractivity contribution in [3.63, 3.8) is 0 Å². The molecule has 1 aliphatic rings. The number of rotatable bonds is 2. The molecule has 0 bridgehead atoms. The molecule has 1 saturated heterocycles. The maximum atomic E-state index is 5.00. The summed E-state index contributed by atoms with van der Waals surface area (Å²) < 4.78 is 2.09. The van der Waals surface area contributed by atoms with Crippen molar-refractivity contribution in [2.75, 3.05) is 13.1 Å². The lowest BCUT2D eigenvalue weighted by molar-refractivity contribution is 0.454. The highest BCUT2D eigenvalue weighted by molar-refractivity contribution is 5.90. The van der Waals surface area contributed by atoms with Crippen molar-refractivity contribution in [3.05, 3.63) is 48.4 Å². The zero-order valence-corrected chi connectivity index (χ0v) is 14.0. The van der Waals surface area contributed by atoms with Gasteiger partial charge >= 0.3 is 0 Å². The number of nitrogens with one attached hydrogen (secondary N) is 1. The third kappa shape index (κ3) is 2.96. The zero-order chi connectivity index (χ0) is 14.9. The molecule has 4 rings (SSSR count). The second-order valence-corrected chi connectivity index (χ2v) is 6.01. The van der Waals surface area contributed by atoms with E-state index in [2.05, 4.69) is 52.2 Å². The molecule has 0 saturated carbocycles. The van der Waals surface area contributed by atoms with Gasteiger partial charge in [0.2, 0.25) is 0 Å². The average molecular weight is 329 g/mol. The van der Waals surface area contributed by atoms with Crippen LogP contribution in [0.4, 0.5) is 0 Å². The molecule has 3 aromatic rings. The number of aryl methyl sites for hydroxylation is 1. The number of imidazole rings is 1. The highest BCUT2D eigenvalue weighted by Crippen LogP contribution is 2.31. The molecular weight excluding hydrogens is 308 g/mol. The van der Waals surface area contributed by atoms with Crippen LogP contribution in [-0.4, -0.2) is 27.6 Å². The van der Waals surface area contributed by atoms with E-state index in [1.54, 1.807) is 0 Å². The van der Waals surface area contributed by atoms with Crippen molar-refractivity contribution in [2.45, 2.75) is 18.8 Å². The fourth-order valence-corrected chi connectivity index (χ4v) is 3.27. The number of hydrogen-bond donors (Lipinski definition) is 1. The van der Waals surface area contributed by atoms with Crippen molar-refractivity contribution in [3.8, 4) is 11.3 Å². The largest absolute Gasteiger partial charge is 0.334 e. The Hall–Kier alpha value is -1.91. The highest BCUT2D eigenvalue weighted by Gasteiger charge is 2.20. The minimum Gasteiger partial charge on any atom is -0.334 e. The van der Waals surface area contributed by atoms with Gasteiger partial charge < -0.3 is 9.88 Å². The number of pyridine rings is 1. The van der Waals surface area contributed by atoms with Gasteiger partial charge in [-0.25, -0.2) is 4.98 Å². The first-order valence-electron chi connectivity index (χ1n) is 7.91. The number of fused-ring (bicyclic) bond motifs is 1. The first-order chi connectivity index (χ1) is 10.8. The third-order valence-electron chi connectivity index (χ3n) is 4.54. The van der Waals surface area contributed by atoms with Crippen molar-refractivity contribution in [1.29, 1.82) is 0 Å². The predicted octanol–water partition coefficient (Wildman–Crippen LogP) is 3.52. The summed E-state index contributed by atoms with van der Waals surface area (Å²) in [5.74, 6) is 0.544. The van der Waals surface area contributed by atoms with Crippen LogP contribution in [0.2, 0.25) is 0 Å². The molecule has 1 aromatic carbocycles. The molecule has 1 N–H and O–H groups in total. The van der Waals surface area contributed by atoms with Crippen LogP contribution >= 0.6 is 12.4 Å². The smallest absolute Gasteiger partial charge is 0.115 e. The molecule has 0 atom stereocenters. The van der Waals surface area contributed by atoms with Crippen molar-refractivity contribution >= 4 is 23.4 Å². The molecule has 0 amide bonds. The summed E-state index contributed by atoms with van der Waals surface area (Å²) in [6.07, 6.45) is 4.19. The van der Waals surface area contributed by atoms with Crippen LogP contribution in [0.1, 0.15) is 24.5 Å². The number of nitrogens with zero attached hydrogens (tertiary/aromatic N) is 3. The predicted molar refractivity (Wildman–Crippen MR) is 96.0 cm³/mol. The monoisotopic (exact) mass is 328 g/mol. The normalized spacial score (nSPS) is 15.5. The molecule has 4 nitrogen and oxygen atoms in total. The topological polar surface area (TPSA) is 42.7 Å². The molecule has 0 spiro atoms. The van der Waals surface area contributed by atoms with Crippen LogP contribution in [0.3, 0.4) is 0 Å². The Kier molecular flexibility index (Phi) is 4.64. The van der Waals surface area contributed by atoms with E-state index >= 15 is 0 Å². The zero-order valence-electron chi connectivity index (χ0n) is 13.2. The third-order valence-corrected chi connectivity index (χ3v) is 4.54. The van der Waals surface area contributed by atoms with Crippen LogP contribution in [0.25, 0.3) is 22.3 Å². The first-order valence-corrected chi connectivity index (χ1v) is 7.91. The Bertz CT molecular complexity index is 791. The minimum atomic E-state index is 0.